The van der Waals surface area contributed by atoms with Crippen LogP contribution >= 0.6 is 0 Å². The summed E-state index contributed by atoms with van der Waals surface area (Å²) in [7, 11) is 0. The molecule has 0 aromatic carbocycles. The van der Waals surface area contributed by atoms with E-state index in [0.717, 1.165) is 39.1 Å². The molecule has 0 amide bonds. The van der Waals surface area contributed by atoms with Gasteiger partial charge in [-0.05, 0) is 12.3 Å². The van der Waals surface area contributed by atoms with Crippen molar-refractivity contribution in [3.63, 3.8) is 0 Å². The van der Waals surface area contributed by atoms with Crippen LogP contribution in [0, 0.1) is 5.92 Å². The van der Waals surface area contributed by atoms with Crippen molar-refractivity contribution in [1.82, 2.24) is 19.9 Å². The molecule has 1 aliphatic heterocycles. The first-order chi connectivity index (χ1) is 10.1. The molecule has 1 fully saturated rings. The van der Waals surface area contributed by atoms with Crippen molar-refractivity contribution in [3.8, 4) is 6.01 Å². The Morgan fingerprint density at radius 3 is 2.48 bits per heavy atom. The molecule has 1 aromatic heterocycles. The van der Waals surface area contributed by atoms with Gasteiger partial charge in [0, 0.05) is 32.7 Å². The lowest BCUT2D eigenvalue weighted by molar-refractivity contribution is 0.230. The van der Waals surface area contributed by atoms with Gasteiger partial charge in [0.1, 0.15) is 0 Å². The molecule has 0 aliphatic carbocycles. The Kier molecular flexibility index (Phi) is 5.55. The lowest BCUT2D eigenvalue weighted by Crippen LogP contribution is -2.48. The molecule has 0 atom stereocenters. The minimum absolute atomic E-state index is 0.218. The number of nitrogens with two attached hydrogens (primary N) is 1. The summed E-state index contributed by atoms with van der Waals surface area (Å²) >= 11 is 0. The van der Waals surface area contributed by atoms with E-state index in [4.69, 9.17) is 10.5 Å². The van der Waals surface area contributed by atoms with E-state index in [0.29, 0.717) is 24.5 Å². The fraction of sp³-hybridized carbons (Fsp3) is 0.786. The van der Waals surface area contributed by atoms with E-state index >= 15 is 0 Å². The molecule has 1 aliphatic rings. The quantitative estimate of drug-likeness (QED) is 0.839. The van der Waals surface area contributed by atoms with Crippen LogP contribution in [0.3, 0.4) is 0 Å². The van der Waals surface area contributed by atoms with Crippen LogP contribution in [0.15, 0.2) is 0 Å². The summed E-state index contributed by atoms with van der Waals surface area (Å²) in [6, 6.07) is 0.323. The molecule has 0 bridgehead atoms. The van der Waals surface area contributed by atoms with Gasteiger partial charge in [0.15, 0.2) is 0 Å². The fourth-order valence-electron chi connectivity index (χ4n) is 2.41. The van der Waals surface area contributed by atoms with E-state index < -0.39 is 0 Å². The van der Waals surface area contributed by atoms with E-state index in [1.165, 1.54) is 0 Å². The number of piperazine rings is 1. The Morgan fingerprint density at radius 1 is 1.14 bits per heavy atom. The van der Waals surface area contributed by atoms with Gasteiger partial charge in [0.2, 0.25) is 11.9 Å². The molecular weight excluding hydrogens is 268 g/mol. The molecule has 0 radical (unpaired) electrons. The third-order valence-corrected chi connectivity index (χ3v) is 3.33. The highest BCUT2D eigenvalue weighted by atomic mass is 16.5. The zero-order valence-electron chi connectivity index (χ0n) is 13.2. The number of aromatic nitrogens is 3. The highest BCUT2D eigenvalue weighted by Gasteiger charge is 2.20. The molecule has 118 valence electrons. The SMILES string of the molecule is CCCOc1nc(N)nc(N2CCN(CC(C)C)CC2)n1. The van der Waals surface area contributed by atoms with Crippen molar-refractivity contribution in [2.75, 3.05) is 50.0 Å². The largest absolute Gasteiger partial charge is 0.463 e. The molecule has 1 aromatic rings. The normalized spacial score (nSPS) is 16.5. The van der Waals surface area contributed by atoms with Crippen LogP contribution in [0.1, 0.15) is 27.2 Å². The molecule has 7 heteroatoms. The van der Waals surface area contributed by atoms with Crippen LogP contribution in [0.4, 0.5) is 11.9 Å². The lowest BCUT2D eigenvalue weighted by atomic mass is 10.2. The summed E-state index contributed by atoms with van der Waals surface area (Å²) in [5, 5.41) is 0. The van der Waals surface area contributed by atoms with Gasteiger partial charge in [-0.1, -0.05) is 20.8 Å². The number of rotatable bonds is 6. The summed E-state index contributed by atoms with van der Waals surface area (Å²) < 4.78 is 5.46. The number of hydrogen-bond donors (Lipinski definition) is 1. The van der Waals surface area contributed by atoms with Crippen molar-refractivity contribution < 1.29 is 4.74 Å². The maximum Gasteiger partial charge on any atom is 0.323 e. The highest BCUT2D eigenvalue weighted by molar-refractivity contribution is 5.36. The molecule has 0 unspecified atom stereocenters. The Bertz CT molecular complexity index is 445. The summed E-state index contributed by atoms with van der Waals surface area (Å²) in [6.45, 7) is 12.1. The molecule has 0 spiro atoms. The van der Waals surface area contributed by atoms with Crippen LogP contribution in [0.25, 0.3) is 0 Å². The van der Waals surface area contributed by atoms with E-state index in [2.05, 4.69) is 38.6 Å². The number of anilines is 2. The van der Waals surface area contributed by atoms with Crippen molar-refractivity contribution in [3.05, 3.63) is 0 Å². The van der Waals surface area contributed by atoms with Gasteiger partial charge < -0.3 is 15.4 Å². The van der Waals surface area contributed by atoms with Crippen LogP contribution in [-0.2, 0) is 0 Å². The maximum atomic E-state index is 5.75. The summed E-state index contributed by atoms with van der Waals surface area (Å²) in [5.74, 6) is 1.53. The molecule has 2 rings (SSSR count). The monoisotopic (exact) mass is 294 g/mol. The van der Waals surface area contributed by atoms with Gasteiger partial charge in [-0.2, -0.15) is 15.0 Å². The second-order valence-corrected chi connectivity index (χ2v) is 5.81. The van der Waals surface area contributed by atoms with Gasteiger partial charge in [-0.25, -0.2) is 0 Å². The zero-order valence-corrected chi connectivity index (χ0v) is 13.2. The standard InChI is InChI=1S/C14H26N6O/c1-4-9-21-14-17-12(15)16-13(18-14)20-7-5-19(6-8-20)10-11(2)3/h11H,4-10H2,1-3H3,(H2,15,16,17,18). The van der Waals surface area contributed by atoms with Gasteiger partial charge in [-0.3, -0.25) is 4.90 Å². The number of ether oxygens (including phenoxy) is 1. The Balaban J connectivity index is 1.97. The van der Waals surface area contributed by atoms with Gasteiger partial charge >= 0.3 is 6.01 Å². The zero-order chi connectivity index (χ0) is 15.2. The summed E-state index contributed by atoms with van der Waals surface area (Å²) in [4.78, 5) is 17.2. The van der Waals surface area contributed by atoms with Crippen molar-refractivity contribution in [2.24, 2.45) is 5.92 Å². The number of nitrogen functional groups attached to an aromatic ring is 1. The first-order valence-electron chi connectivity index (χ1n) is 7.70. The predicted molar refractivity (Wildman–Crippen MR) is 83.5 cm³/mol. The number of hydrogen-bond acceptors (Lipinski definition) is 7. The average molecular weight is 294 g/mol. The Labute approximate surface area is 126 Å². The minimum atomic E-state index is 0.218. The lowest BCUT2D eigenvalue weighted by Gasteiger charge is -2.35. The van der Waals surface area contributed by atoms with Gasteiger partial charge in [0.25, 0.3) is 0 Å². The van der Waals surface area contributed by atoms with Crippen LogP contribution in [0.5, 0.6) is 6.01 Å². The van der Waals surface area contributed by atoms with E-state index in [9.17, 15) is 0 Å². The molecule has 2 N–H and O–H groups in total. The molecule has 21 heavy (non-hydrogen) atoms. The maximum absolute atomic E-state index is 5.75. The van der Waals surface area contributed by atoms with Crippen LogP contribution in [-0.4, -0.2) is 59.2 Å². The molecule has 7 nitrogen and oxygen atoms in total. The Hall–Kier alpha value is -1.63. The third-order valence-electron chi connectivity index (χ3n) is 3.33. The van der Waals surface area contributed by atoms with Crippen LogP contribution in [0.2, 0.25) is 0 Å². The number of nitrogens with zero attached hydrogens (tertiary/aromatic N) is 5. The second-order valence-electron chi connectivity index (χ2n) is 5.81. The molecular formula is C14H26N6O. The molecule has 1 saturated heterocycles. The van der Waals surface area contributed by atoms with E-state index in [-0.39, 0.29) is 5.95 Å². The average Bonchev–Trinajstić information content (AvgIpc) is 2.44. The van der Waals surface area contributed by atoms with E-state index in [1.54, 1.807) is 0 Å². The van der Waals surface area contributed by atoms with Crippen LogP contribution < -0.4 is 15.4 Å². The summed E-state index contributed by atoms with van der Waals surface area (Å²) in [5.41, 5.74) is 5.75. The summed E-state index contributed by atoms with van der Waals surface area (Å²) in [6.07, 6.45) is 0.912. The van der Waals surface area contributed by atoms with Crippen molar-refractivity contribution in [1.29, 1.82) is 0 Å². The highest BCUT2D eigenvalue weighted by Crippen LogP contribution is 2.16. The second kappa shape index (κ2) is 7.40. The molecule has 2 heterocycles. The minimum Gasteiger partial charge on any atom is -0.463 e. The topological polar surface area (TPSA) is 80.4 Å². The third kappa shape index (κ3) is 4.70. The van der Waals surface area contributed by atoms with Gasteiger partial charge in [-0.15, -0.1) is 0 Å². The molecule has 0 saturated carbocycles. The predicted octanol–water partition coefficient (Wildman–Crippen LogP) is 1.02. The van der Waals surface area contributed by atoms with Gasteiger partial charge in [0.05, 0.1) is 6.61 Å². The first kappa shape index (κ1) is 15.8. The first-order valence-corrected chi connectivity index (χ1v) is 7.70. The fourth-order valence-corrected chi connectivity index (χ4v) is 2.41. The Morgan fingerprint density at radius 2 is 1.86 bits per heavy atom. The smallest absolute Gasteiger partial charge is 0.323 e. The van der Waals surface area contributed by atoms with Crippen molar-refractivity contribution in [2.45, 2.75) is 27.2 Å². The van der Waals surface area contributed by atoms with Crippen molar-refractivity contribution >= 4 is 11.9 Å². The van der Waals surface area contributed by atoms with E-state index in [1.807, 2.05) is 6.92 Å².